The molecule has 0 rings (SSSR count). The van der Waals surface area contributed by atoms with E-state index in [0.29, 0.717) is 6.61 Å². The molecule has 0 fully saturated rings. The van der Waals surface area contributed by atoms with Crippen molar-refractivity contribution in [2.75, 3.05) is 6.61 Å². The van der Waals surface area contributed by atoms with Crippen molar-refractivity contribution in [3.8, 4) is 0 Å². The largest absolute Gasteiger partial charge is 0.206 e. The van der Waals surface area contributed by atoms with E-state index in [-0.39, 0.29) is 5.60 Å². The predicted octanol–water partition coefficient (Wildman–Crippen LogP) is 7.15. The van der Waals surface area contributed by atoms with Crippen LogP contribution in [-0.4, -0.2) is 12.2 Å². The third kappa shape index (κ3) is 12.9. The van der Waals surface area contributed by atoms with Gasteiger partial charge in [0.25, 0.3) is 0 Å². The summed E-state index contributed by atoms with van der Waals surface area (Å²) < 4.78 is 0. The van der Waals surface area contributed by atoms with Crippen LogP contribution in [0.25, 0.3) is 0 Å². The molecule has 3 heteroatoms. The Kier molecular flexibility index (Phi) is 16.6. The molecule has 0 saturated carbocycles. The number of rotatable bonds is 18. The summed E-state index contributed by atoms with van der Waals surface area (Å²) in [4.78, 5) is 11.1. The second-order valence-corrected chi connectivity index (χ2v) is 6.88. The van der Waals surface area contributed by atoms with Gasteiger partial charge in [0.2, 0.25) is 0 Å². The van der Waals surface area contributed by atoms with Crippen LogP contribution in [0, 0.1) is 0 Å². The van der Waals surface area contributed by atoms with Gasteiger partial charge in [-0.3, -0.25) is 0 Å². The molecule has 140 valence electrons. The Balaban J connectivity index is 4.40. The van der Waals surface area contributed by atoms with E-state index in [2.05, 4.69) is 27.7 Å². The zero-order chi connectivity index (χ0) is 17.2. The number of unbranched alkanes of at least 4 members (excludes halogenated alkanes) is 7. The third-order valence-corrected chi connectivity index (χ3v) is 4.55. The highest BCUT2D eigenvalue weighted by Crippen LogP contribution is 2.32. The molecule has 0 aliphatic heterocycles. The molecule has 0 aromatic heterocycles. The summed E-state index contributed by atoms with van der Waals surface area (Å²) in [7, 11) is 0. The van der Waals surface area contributed by atoms with E-state index in [1.165, 1.54) is 57.8 Å². The van der Waals surface area contributed by atoms with Crippen molar-refractivity contribution in [3.63, 3.8) is 0 Å². The first-order valence-corrected chi connectivity index (χ1v) is 10.2. The van der Waals surface area contributed by atoms with Crippen molar-refractivity contribution in [2.45, 2.75) is 123 Å². The van der Waals surface area contributed by atoms with Crippen molar-refractivity contribution >= 4 is 0 Å². The highest BCUT2D eigenvalue weighted by atomic mass is 17.5. The van der Waals surface area contributed by atoms with Crippen molar-refractivity contribution in [3.05, 3.63) is 0 Å². The van der Waals surface area contributed by atoms with Crippen LogP contribution in [0.5, 0.6) is 0 Å². The molecule has 0 N–H and O–H groups in total. The molecule has 0 heterocycles. The van der Waals surface area contributed by atoms with Gasteiger partial charge in [-0.2, -0.15) is 4.89 Å². The van der Waals surface area contributed by atoms with Gasteiger partial charge < -0.3 is 0 Å². The molecule has 0 atom stereocenters. The average molecular weight is 331 g/mol. The first-order chi connectivity index (χ1) is 11.2. The minimum atomic E-state index is -0.148. The Labute approximate surface area is 145 Å². The summed E-state index contributed by atoms with van der Waals surface area (Å²) >= 11 is 0. The van der Waals surface area contributed by atoms with Gasteiger partial charge in [0, 0.05) is 0 Å². The SMILES string of the molecule is CCCCCCCC(CCCC)(CCCC)OOOCCCC. The first-order valence-electron chi connectivity index (χ1n) is 10.2. The van der Waals surface area contributed by atoms with E-state index in [0.717, 1.165) is 32.1 Å². The topological polar surface area (TPSA) is 27.7 Å². The first kappa shape index (κ1) is 22.9. The van der Waals surface area contributed by atoms with E-state index in [1.54, 1.807) is 0 Å². The predicted molar refractivity (Wildman–Crippen MR) is 98.2 cm³/mol. The summed E-state index contributed by atoms with van der Waals surface area (Å²) in [5.41, 5.74) is -0.148. The van der Waals surface area contributed by atoms with Crippen LogP contribution in [0.3, 0.4) is 0 Å². The maximum absolute atomic E-state index is 5.86. The minimum absolute atomic E-state index is 0.148. The molecule has 0 aliphatic rings. The summed E-state index contributed by atoms with van der Waals surface area (Å²) in [6, 6.07) is 0. The lowest BCUT2D eigenvalue weighted by Gasteiger charge is -2.32. The number of hydrogen-bond acceptors (Lipinski definition) is 3. The Morgan fingerprint density at radius 1 is 0.565 bits per heavy atom. The van der Waals surface area contributed by atoms with Crippen LogP contribution in [0.15, 0.2) is 0 Å². The molecule has 0 bridgehead atoms. The molecule has 3 nitrogen and oxygen atoms in total. The molecule has 0 aromatic carbocycles. The molecule has 0 spiro atoms. The minimum Gasteiger partial charge on any atom is -0.206 e. The number of hydrogen-bond donors (Lipinski definition) is 0. The van der Waals surface area contributed by atoms with Gasteiger partial charge in [-0.1, -0.05) is 96.9 Å². The second kappa shape index (κ2) is 16.7. The Morgan fingerprint density at radius 2 is 1.09 bits per heavy atom. The summed E-state index contributed by atoms with van der Waals surface area (Å²) in [6.07, 6.45) is 16.6. The van der Waals surface area contributed by atoms with Crippen molar-refractivity contribution < 1.29 is 14.8 Å². The van der Waals surface area contributed by atoms with Gasteiger partial charge in [-0.15, -0.1) is 0 Å². The van der Waals surface area contributed by atoms with Gasteiger partial charge in [-0.25, -0.2) is 4.89 Å². The van der Waals surface area contributed by atoms with Gasteiger partial charge in [0.15, 0.2) is 0 Å². The molecule has 0 aromatic rings. The molecule has 0 aliphatic carbocycles. The zero-order valence-electron chi connectivity index (χ0n) is 16.3. The maximum Gasteiger partial charge on any atom is 0.107 e. The highest BCUT2D eigenvalue weighted by Gasteiger charge is 2.31. The third-order valence-electron chi connectivity index (χ3n) is 4.55. The van der Waals surface area contributed by atoms with E-state index in [1.807, 2.05) is 0 Å². The van der Waals surface area contributed by atoms with Gasteiger partial charge in [0.1, 0.15) is 5.60 Å². The summed E-state index contributed by atoms with van der Waals surface area (Å²) in [6.45, 7) is 9.50. The Morgan fingerprint density at radius 3 is 1.65 bits per heavy atom. The standard InChI is InChI=1S/C20H42O3/c1-5-9-13-14-15-18-20(16-10-6-2,17-11-7-3)22-23-21-19-12-8-4/h5-19H2,1-4H3. The van der Waals surface area contributed by atoms with Crippen molar-refractivity contribution in [1.29, 1.82) is 0 Å². The fourth-order valence-corrected chi connectivity index (χ4v) is 2.88. The van der Waals surface area contributed by atoms with Crippen LogP contribution >= 0.6 is 0 Å². The van der Waals surface area contributed by atoms with Gasteiger partial charge in [0.05, 0.1) is 6.61 Å². The summed E-state index contributed by atoms with van der Waals surface area (Å²) in [5.74, 6) is 0. The summed E-state index contributed by atoms with van der Waals surface area (Å²) in [5, 5.41) is 5.17. The Hall–Kier alpha value is -0.120. The molecule has 0 radical (unpaired) electrons. The van der Waals surface area contributed by atoms with Crippen molar-refractivity contribution in [2.24, 2.45) is 0 Å². The second-order valence-electron chi connectivity index (χ2n) is 6.88. The quantitative estimate of drug-likeness (QED) is 0.152. The lowest BCUT2D eigenvalue weighted by atomic mass is 9.86. The zero-order valence-corrected chi connectivity index (χ0v) is 16.3. The maximum atomic E-state index is 5.86. The molecule has 23 heavy (non-hydrogen) atoms. The van der Waals surface area contributed by atoms with Crippen LogP contribution in [0.2, 0.25) is 0 Å². The molecule has 0 saturated heterocycles. The molecule has 0 amide bonds. The van der Waals surface area contributed by atoms with E-state index in [4.69, 9.17) is 14.8 Å². The van der Waals surface area contributed by atoms with Crippen LogP contribution in [-0.2, 0) is 14.8 Å². The average Bonchev–Trinajstić information content (AvgIpc) is 2.57. The molecule has 0 unspecified atom stereocenters. The molecular formula is C20H42O3. The van der Waals surface area contributed by atoms with Crippen LogP contribution < -0.4 is 0 Å². The molecular weight excluding hydrogens is 288 g/mol. The van der Waals surface area contributed by atoms with E-state index < -0.39 is 0 Å². The normalized spacial score (nSPS) is 12.0. The lowest BCUT2D eigenvalue weighted by molar-refractivity contribution is -0.546. The highest BCUT2D eigenvalue weighted by molar-refractivity contribution is 4.79. The van der Waals surface area contributed by atoms with Gasteiger partial charge in [-0.05, 0) is 25.7 Å². The van der Waals surface area contributed by atoms with Crippen molar-refractivity contribution in [1.82, 2.24) is 0 Å². The fourth-order valence-electron chi connectivity index (χ4n) is 2.88. The van der Waals surface area contributed by atoms with E-state index >= 15 is 0 Å². The van der Waals surface area contributed by atoms with Crippen LogP contribution in [0.1, 0.15) is 118 Å². The van der Waals surface area contributed by atoms with E-state index in [9.17, 15) is 0 Å². The smallest absolute Gasteiger partial charge is 0.107 e. The monoisotopic (exact) mass is 330 g/mol. The van der Waals surface area contributed by atoms with Crippen LogP contribution in [0.4, 0.5) is 0 Å². The fraction of sp³-hybridized carbons (Fsp3) is 1.00. The Bertz CT molecular complexity index is 207. The lowest BCUT2D eigenvalue weighted by Crippen LogP contribution is -2.33. The van der Waals surface area contributed by atoms with Gasteiger partial charge >= 0.3 is 0 Å².